The van der Waals surface area contributed by atoms with Crippen molar-refractivity contribution >= 4 is 6.29 Å². The van der Waals surface area contributed by atoms with Gasteiger partial charge in [0.25, 0.3) is 0 Å². The summed E-state index contributed by atoms with van der Waals surface area (Å²) in [6.07, 6.45) is 16.7. The van der Waals surface area contributed by atoms with Gasteiger partial charge in [-0.25, -0.2) is 0 Å². The number of carbonyl (C=O) groups is 1. The summed E-state index contributed by atoms with van der Waals surface area (Å²) in [7, 11) is 0. The van der Waals surface area contributed by atoms with Gasteiger partial charge in [-0.15, -0.1) is 6.58 Å². The molecule has 2 fully saturated rings. The summed E-state index contributed by atoms with van der Waals surface area (Å²) in [5, 5.41) is 0. The fraction of sp³-hybridized carbons (Fsp3) is 0.750. The zero-order valence-electron chi connectivity index (χ0n) is 14.4. The van der Waals surface area contributed by atoms with E-state index < -0.39 is 0 Å². The van der Waals surface area contributed by atoms with E-state index >= 15 is 0 Å². The second-order valence-electron chi connectivity index (χ2n) is 7.29. The SMILES string of the molecule is C=C(C)C=O.C=CCCC1CCC(C2CCC(N)CC2)CC1. The summed E-state index contributed by atoms with van der Waals surface area (Å²) in [4.78, 5) is 9.41. The quantitative estimate of drug-likeness (QED) is 0.439. The molecule has 0 spiro atoms. The van der Waals surface area contributed by atoms with E-state index in [-0.39, 0.29) is 0 Å². The zero-order chi connectivity index (χ0) is 16.4. The first kappa shape index (κ1) is 19.2. The van der Waals surface area contributed by atoms with Crippen LogP contribution in [0.15, 0.2) is 24.8 Å². The Kier molecular flexibility index (Phi) is 9.38. The lowest BCUT2D eigenvalue weighted by molar-refractivity contribution is -0.104. The summed E-state index contributed by atoms with van der Waals surface area (Å²) in [5.41, 5.74) is 6.57. The van der Waals surface area contributed by atoms with Gasteiger partial charge in [-0.1, -0.05) is 25.5 Å². The monoisotopic (exact) mass is 305 g/mol. The van der Waals surface area contributed by atoms with E-state index in [1.165, 1.54) is 64.2 Å². The fourth-order valence-electron chi connectivity index (χ4n) is 3.92. The number of rotatable bonds is 5. The predicted octanol–water partition coefficient (Wildman–Crippen LogP) is 5.04. The molecule has 0 aromatic carbocycles. The van der Waals surface area contributed by atoms with Crippen LogP contribution in [0, 0.1) is 17.8 Å². The van der Waals surface area contributed by atoms with Gasteiger partial charge in [0.2, 0.25) is 0 Å². The third-order valence-electron chi connectivity index (χ3n) is 5.35. The molecule has 22 heavy (non-hydrogen) atoms. The van der Waals surface area contributed by atoms with Crippen LogP contribution in [-0.4, -0.2) is 12.3 Å². The maximum atomic E-state index is 9.41. The first-order valence-corrected chi connectivity index (χ1v) is 9.04. The van der Waals surface area contributed by atoms with Crippen molar-refractivity contribution in [2.75, 3.05) is 0 Å². The molecule has 2 N–H and O–H groups in total. The molecule has 2 rings (SSSR count). The summed E-state index contributed by atoms with van der Waals surface area (Å²) in [5.74, 6) is 3.03. The number of aldehydes is 1. The predicted molar refractivity (Wildman–Crippen MR) is 95.7 cm³/mol. The minimum absolute atomic E-state index is 0.509. The number of hydrogen-bond donors (Lipinski definition) is 1. The smallest absolute Gasteiger partial charge is 0.145 e. The summed E-state index contributed by atoms with van der Waals surface area (Å²) in [6, 6.07) is 0.509. The highest BCUT2D eigenvalue weighted by Crippen LogP contribution is 2.40. The van der Waals surface area contributed by atoms with Crippen LogP contribution in [0.1, 0.15) is 71.1 Å². The molecule has 0 bridgehead atoms. The maximum Gasteiger partial charge on any atom is 0.145 e. The van der Waals surface area contributed by atoms with Crippen LogP contribution in [0.4, 0.5) is 0 Å². The molecule has 0 heterocycles. The molecule has 2 heteroatoms. The highest BCUT2D eigenvalue weighted by atomic mass is 16.1. The van der Waals surface area contributed by atoms with Gasteiger partial charge >= 0.3 is 0 Å². The standard InChI is InChI=1S/C16H29N.C4H6O/c1-2-3-4-13-5-7-14(8-6-13)15-9-11-16(17)12-10-15;1-4(2)3-5/h2,13-16H,1,3-12,17H2;3H,1H2,2H3. The molecule has 0 aliphatic heterocycles. The number of hydrogen-bond acceptors (Lipinski definition) is 2. The number of nitrogens with two attached hydrogens (primary N) is 1. The Hall–Kier alpha value is -0.890. The van der Waals surface area contributed by atoms with E-state index in [4.69, 9.17) is 5.73 Å². The minimum Gasteiger partial charge on any atom is -0.328 e. The van der Waals surface area contributed by atoms with Crippen molar-refractivity contribution in [3.63, 3.8) is 0 Å². The van der Waals surface area contributed by atoms with Crippen molar-refractivity contribution in [1.29, 1.82) is 0 Å². The van der Waals surface area contributed by atoms with Crippen molar-refractivity contribution in [3.05, 3.63) is 24.8 Å². The van der Waals surface area contributed by atoms with Crippen LogP contribution in [0.5, 0.6) is 0 Å². The van der Waals surface area contributed by atoms with Gasteiger partial charge in [0.15, 0.2) is 0 Å². The number of carbonyl (C=O) groups excluding carboxylic acids is 1. The van der Waals surface area contributed by atoms with Crippen molar-refractivity contribution in [3.8, 4) is 0 Å². The molecule has 0 saturated heterocycles. The van der Waals surface area contributed by atoms with E-state index in [9.17, 15) is 4.79 Å². The zero-order valence-corrected chi connectivity index (χ0v) is 14.4. The van der Waals surface area contributed by atoms with Gasteiger partial charge in [-0.05, 0) is 81.6 Å². The van der Waals surface area contributed by atoms with Gasteiger partial charge in [0, 0.05) is 6.04 Å². The molecule has 0 aromatic rings. The largest absolute Gasteiger partial charge is 0.328 e. The molecule has 126 valence electrons. The van der Waals surface area contributed by atoms with E-state index in [1.54, 1.807) is 6.92 Å². The van der Waals surface area contributed by atoms with Gasteiger partial charge in [0.1, 0.15) is 6.29 Å². The molecular weight excluding hydrogens is 270 g/mol. The molecule has 2 nitrogen and oxygen atoms in total. The highest BCUT2D eigenvalue weighted by molar-refractivity contribution is 5.70. The average Bonchev–Trinajstić information content (AvgIpc) is 2.55. The first-order valence-electron chi connectivity index (χ1n) is 9.04. The fourth-order valence-corrected chi connectivity index (χ4v) is 3.92. The third kappa shape index (κ3) is 7.40. The number of allylic oxidation sites excluding steroid dienone is 2. The Morgan fingerprint density at radius 1 is 1.05 bits per heavy atom. The average molecular weight is 306 g/mol. The van der Waals surface area contributed by atoms with Crippen molar-refractivity contribution in [2.45, 2.75) is 77.2 Å². The molecule has 2 aliphatic rings. The Labute approximate surface area is 137 Å². The Morgan fingerprint density at radius 3 is 1.91 bits per heavy atom. The highest BCUT2D eigenvalue weighted by Gasteiger charge is 2.29. The lowest BCUT2D eigenvalue weighted by Crippen LogP contribution is -2.31. The first-order chi connectivity index (χ1) is 10.6. The Bertz CT molecular complexity index is 334. The van der Waals surface area contributed by atoms with E-state index in [1.807, 2.05) is 0 Å². The second kappa shape index (κ2) is 10.8. The van der Waals surface area contributed by atoms with Crippen LogP contribution >= 0.6 is 0 Å². The summed E-state index contributed by atoms with van der Waals surface area (Å²) >= 11 is 0. The molecule has 0 amide bonds. The molecule has 2 saturated carbocycles. The Morgan fingerprint density at radius 2 is 1.50 bits per heavy atom. The van der Waals surface area contributed by atoms with E-state index in [0.717, 1.165) is 24.0 Å². The van der Waals surface area contributed by atoms with E-state index in [2.05, 4.69) is 19.2 Å². The second-order valence-corrected chi connectivity index (χ2v) is 7.29. The molecular formula is C20H35NO. The molecule has 0 unspecified atom stereocenters. The topological polar surface area (TPSA) is 43.1 Å². The van der Waals surface area contributed by atoms with Crippen LogP contribution in [0.3, 0.4) is 0 Å². The van der Waals surface area contributed by atoms with Gasteiger partial charge < -0.3 is 5.73 Å². The van der Waals surface area contributed by atoms with Gasteiger partial charge in [-0.3, -0.25) is 4.79 Å². The molecule has 0 aromatic heterocycles. The summed E-state index contributed by atoms with van der Waals surface area (Å²) in [6.45, 7) is 8.79. The van der Waals surface area contributed by atoms with Gasteiger partial charge in [-0.2, -0.15) is 0 Å². The van der Waals surface area contributed by atoms with Crippen LogP contribution in [-0.2, 0) is 4.79 Å². The molecule has 2 aliphatic carbocycles. The third-order valence-corrected chi connectivity index (χ3v) is 5.35. The molecule has 0 radical (unpaired) electrons. The lowest BCUT2D eigenvalue weighted by atomic mass is 9.70. The van der Waals surface area contributed by atoms with Crippen molar-refractivity contribution < 1.29 is 4.79 Å². The minimum atomic E-state index is 0.509. The summed E-state index contributed by atoms with van der Waals surface area (Å²) < 4.78 is 0. The van der Waals surface area contributed by atoms with E-state index in [0.29, 0.717) is 11.6 Å². The van der Waals surface area contributed by atoms with Gasteiger partial charge in [0.05, 0.1) is 0 Å². The lowest BCUT2D eigenvalue weighted by Gasteiger charge is -2.37. The van der Waals surface area contributed by atoms with Crippen LogP contribution in [0.2, 0.25) is 0 Å². The van der Waals surface area contributed by atoms with Crippen molar-refractivity contribution in [1.82, 2.24) is 0 Å². The normalized spacial score (nSPS) is 31.5. The van der Waals surface area contributed by atoms with Crippen LogP contribution in [0.25, 0.3) is 0 Å². The molecule has 0 atom stereocenters. The maximum absolute atomic E-state index is 9.41. The van der Waals surface area contributed by atoms with Crippen LogP contribution < -0.4 is 5.73 Å². The Balaban J connectivity index is 0.000000422. The van der Waals surface area contributed by atoms with Crippen molar-refractivity contribution in [2.24, 2.45) is 23.5 Å².